The zero-order valence-corrected chi connectivity index (χ0v) is 17.7. The van der Waals surface area contributed by atoms with Gasteiger partial charge in [-0.25, -0.2) is 0 Å². The minimum Gasteiger partial charge on any atom is -0.394 e. The Morgan fingerprint density at radius 3 is 2.50 bits per heavy atom. The molecule has 1 amide bonds. The van der Waals surface area contributed by atoms with Crippen molar-refractivity contribution < 1.29 is 14.6 Å². The Hall–Kier alpha value is -1.97. The van der Waals surface area contributed by atoms with Crippen molar-refractivity contribution in [1.82, 2.24) is 20.4 Å². The van der Waals surface area contributed by atoms with E-state index in [0.29, 0.717) is 6.54 Å². The number of nitrogens with zero attached hydrogens (tertiary/aromatic N) is 5. The van der Waals surface area contributed by atoms with Gasteiger partial charge in [-0.2, -0.15) is 0 Å². The quantitative estimate of drug-likeness (QED) is 0.644. The van der Waals surface area contributed by atoms with Gasteiger partial charge in [0.1, 0.15) is 0 Å². The van der Waals surface area contributed by atoms with Gasteiger partial charge in [0.05, 0.1) is 25.9 Å². The number of amides is 1. The van der Waals surface area contributed by atoms with Crippen LogP contribution in [0.25, 0.3) is 0 Å². The van der Waals surface area contributed by atoms with Crippen molar-refractivity contribution in [2.45, 2.75) is 31.7 Å². The Kier molecular flexibility index (Phi) is 7.35. The largest absolute Gasteiger partial charge is 0.394 e. The molecule has 166 valence electrons. The number of nitrogens with one attached hydrogen (secondary N) is 1. The zero-order chi connectivity index (χ0) is 20.8. The van der Waals surface area contributed by atoms with E-state index in [4.69, 9.17) is 4.74 Å². The van der Waals surface area contributed by atoms with Gasteiger partial charge in [0, 0.05) is 51.7 Å². The summed E-state index contributed by atoms with van der Waals surface area (Å²) in [6.45, 7) is 7.79. The molecule has 3 fully saturated rings. The van der Waals surface area contributed by atoms with E-state index in [-0.39, 0.29) is 24.5 Å². The minimum absolute atomic E-state index is 0.0769. The minimum atomic E-state index is 0.0769. The second kappa shape index (κ2) is 10.4. The summed E-state index contributed by atoms with van der Waals surface area (Å²) in [6.07, 6.45) is 3.76. The van der Waals surface area contributed by atoms with Gasteiger partial charge in [0.25, 0.3) is 0 Å². The van der Waals surface area contributed by atoms with Gasteiger partial charge in [-0.1, -0.05) is 0 Å². The summed E-state index contributed by atoms with van der Waals surface area (Å²) in [5.74, 6) is 1.95. The number of aliphatic hydroxyl groups excluding tert-OH is 1. The third-order valence-electron chi connectivity index (χ3n) is 6.54. The predicted octanol–water partition coefficient (Wildman–Crippen LogP) is 0.103. The van der Waals surface area contributed by atoms with E-state index in [1.807, 2.05) is 12.1 Å². The van der Waals surface area contributed by atoms with Crippen LogP contribution in [0, 0.1) is 5.92 Å². The van der Waals surface area contributed by atoms with Crippen molar-refractivity contribution in [3.63, 3.8) is 0 Å². The molecular weight excluding hydrogens is 384 g/mol. The Morgan fingerprint density at radius 2 is 1.80 bits per heavy atom. The van der Waals surface area contributed by atoms with Gasteiger partial charge in [-0.15, -0.1) is 10.2 Å². The van der Waals surface area contributed by atoms with Crippen LogP contribution in [-0.2, 0) is 9.53 Å². The summed E-state index contributed by atoms with van der Waals surface area (Å²) >= 11 is 0. The SMILES string of the molecule is O=C(NCCN1CCOCC1)C1CCN(c2ccc(N3CCCC3CO)nn2)CC1. The number of carbonyl (C=O) groups excluding carboxylic acids is 1. The molecule has 3 aliphatic rings. The van der Waals surface area contributed by atoms with Crippen LogP contribution in [0.4, 0.5) is 11.6 Å². The Morgan fingerprint density at radius 1 is 1.07 bits per heavy atom. The predicted molar refractivity (Wildman–Crippen MR) is 115 cm³/mol. The average Bonchev–Trinajstić information content (AvgIpc) is 3.29. The van der Waals surface area contributed by atoms with Crippen molar-refractivity contribution >= 4 is 17.5 Å². The van der Waals surface area contributed by atoms with Crippen molar-refractivity contribution in [3.8, 4) is 0 Å². The lowest BCUT2D eigenvalue weighted by Crippen LogP contribution is -2.44. The lowest BCUT2D eigenvalue weighted by atomic mass is 9.96. The Labute approximate surface area is 178 Å². The summed E-state index contributed by atoms with van der Waals surface area (Å²) in [4.78, 5) is 19.2. The van der Waals surface area contributed by atoms with E-state index in [9.17, 15) is 9.90 Å². The molecule has 0 saturated carbocycles. The van der Waals surface area contributed by atoms with E-state index in [0.717, 1.165) is 89.8 Å². The van der Waals surface area contributed by atoms with Crippen LogP contribution in [0.5, 0.6) is 0 Å². The monoisotopic (exact) mass is 418 g/mol. The third kappa shape index (κ3) is 5.19. The van der Waals surface area contributed by atoms with Gasteiger partial charge >= 0.3 is 0 Å². The van der Waals surface area contributed by atoms with E-state index >= 15 is 0 Å². The van der Waals surface area contributed by atoms with Crippen molar-refractivity contribution in [1.29, 1.82) is 0 Å². The van der Waals surface area contributed by atoms with E-state index < -0.39 is 0 Å². The first-order chi connectivity index (χ1) is 14.7. The second-order valence-corrected chi connectivity index (χ2v) is 8.43. The fraction of sp³-hybridized carbons (Fsp3) is 0.762. The summed E-state index contributed by atoms with van der Waals surface area (Å²) in [6, 6.07) is 4.17. The highest BCUT2D eigenvalue weighted by Crippen LogP contribution is 2.26. The molecule has 1 unspecified atom stereocenters. The smallest absolute Gasteiger partial charge is 0.223 e. The molecule has 3 aliphatic heterocycles. The van der Waals surface area contributed by atoms with Gasteiger partial charge in [-0.3, -0.25) is 9.69 Å². The van der Waals surface area contributed by atoms with Crippen molar-refractivity contribution in [2.75, 3.05) is 75.4 Å². The number of hydrogen-bond acceptors (Lipinski definition) is 8. The molecule has 1 aromatic heterocycles. The van der Waals surface area contributed by atoms with E-state index in [1.165, 1.54) is 0 Å². The number of carbonyl (C=O) groups is 1. The first-order valence-electron chi connectivity index (χ1n) is 11.3. The molecule has 9 heteroatoms. The number of aromatic nitrogens is 2. The number of rotatable bonds is 7. The van der Waals surface area contributed by atoms with Crippen molar-refractivity contribution in [3.05, 3.63) is 12.1 Å². The maximum atomic E-state index is 12.5. The zero-order valence-electron chi connectivity index (χ0n) is 17.7. The second-order valence-electron chi connectivity index (χ2n) is 8.43. The molecule has 0 spiro atoms. The number of aliphatic hydroxyl groups is 1. The Balaban J connectivity index is 1.20. The first-order valence-corrected chi connectivity index (χ1v) is 11.3. The van der Waals surface area contributed by atoms with Gasteiger partial charge in [-0.05, 0) is 37.8 Å². The highest BCUT2D eigenvalue weighted by Gasteiger charge is 2.27. The van der Waals surface area contributed by atoms with E-state index in [2.05, 4.69) is 30.2 Å². The number of morpholine rings is 1. The molecule has 3 saturated heterocycles. The van der Waals surface area contributed by atoms with Gasteiger partial charge < -0.3 is 25.0 Å². The number of piperidine rings is 1. The Bertz CT molecular complexity index is 674. The lowest BCUT2D eigenvalue weighted by Gasteiger charge is -2.32. The molecule has 0 aromatic carbocycles. The molecule has 0 bridgehead atoms. The molecule has 1 atom stereocenters. The maximum absolute atomic E-state index is 12.5. The summed E-state index contributed by atoms with van der Waals surface area (Å²) in [5, 5.41) is 21.4. The van der Waals surface area contributed by atoms with Gasteiger partial charge in [0.15, 0.2) is 11.6 Å². The molecule has 0 aliphatic carbocycles. The fourth-order valence-corrected chi connectivity index (χ4v) is 4.64. The van der Waals surface area contributed by atoms with Crippen LogP contribution < -0.4 is 15.1 Å². The number of ether oxygens (including phenoxy) is 1. The molecule has 1 aromatic rings. The molecule has 30 heavy (non-hydrogen) atoms. The molecule has 2 N–H and O–H groups in total. The lowest BCUT2D eigenvalue weighted by molar-refractivity contribution is -0.125. The molecule has 0 radical (unpaired) electrons. The number of hydrogen-bond donors (Lipinski definition) is 2. The highest BCUT2D eigenvalue weighted by molar-refractivity contribution is 5.79. The van der Waals surface area contributed by atoms with Crippen LogP contribution in [0.2, 0.25) is 0 Å². The highest BCUT2D eigenvalue weighted by atomic mass is 16.5. The van der Waals surface area contributed by atoms with Crippen LogP contribution >= 0.6 is 0 Å². The standard InChI is InChI=1S/C21H34N6O3/c28-16-18-2-1-8-27(18)20-4-3-19(23-24-20)26-9-5-17(6-10-26)21(29)22-7-11-25-12-14-30-15-13-25/h3-4,17-18,28H,1-2,5-16H2,(H,22,29). The fourth-order valence-electron chi connectivity index (χ4n) is 4.64. The summed E-state index contributed by atoms with van der Waals surface area (Å²) < 4.78 is 5.36. The van der Waals surface area contributed by atoms with Crippen LogP contribution in [0.1, 0.15) is 25.7 Å². The van der Waals surface area contributed by atoms with Crippen LogP contribution in [0.3, 0.4) is 0 Å². The molecule has 9 nitrogen and oxygen atoms in total. The third-order valence-corrected chi connectivity index (χ3v) is 6.54. The van der Waals surface area contributed by atoms with Gasteiger partial charge in [0.2, 0.25) is 5.91 Å². The average molecular weight is 419 g/mol. The summed E-state index contributed by atoms with van der Waals surface area (Å²) in [5.41, 5.74) is 0. The molecule has 4 rings (SSSR count). The summed E-state index contributed by atoms with van der Waals surface area (Å²) in [7, 11) is 0. The molecular formula is C21H34N6O3. The van der Waals surface area contributed by atoms with Crippen molar-refractivity contribution in [2.24, 2.45) is 5.92 Å². The first kappa shape index (κ1) is 21.3. The maximum Gasteiger partial charge on any atom is 0.223 e. The number of anilines is 2. The normalized spacial score (nSPS) is 23.7. The topological polar surface area (TPSA) is 94.1 Å². The van der Waals surface area contributed by atoms with E-state index in [1.54, 1.807) is 0 Å². The molecule has 4 heterocycles. The van der Waals surface area contributed by atoms with Crippen LogP contribution in [-0.4, -0.2) is 97.8 Å². The van der Waals surface area contributed by atoms with Crippen LogP contribution in [0.15, 0.2) is 12.1 Å².